The lowest BCUT2D eigenvalue weighted by Crippen LogP contribution is -2.29. The molecule has 0 radical (unpaired) electrons. The number of rotatable bonds is 6. The standard InChI is InChI=1S/C12H18N2O3/c1-8(2)17-11(12(15)16)6-9-3-4-14-10(5-9)7-13/h3-5,8,11H,6-7,13H2,1-2H3,(H,15,16). The number of hydrogen-bond acceptors (Lipinski definition) is 4. The molecule has 0 saturated heterocycles. The first kappa shape index (κ1) is 13.6. The number of carbonyl (C=O) groups is 1. The van der Waals surface area contributed by atoms with Gasteiger partial charge in [-0.2, -0.15) is 0 Å². The molecule has 1 rings (SSSR count). The molecule has 1 heterocycles. The van der Waals surface area contributed by atoms with Gasteiger partial charge in [-0.05, 0) is 31.5 Å². The van der Waals surface area contributed by atoms with Gasteiger partial charge in [-0.15, -0.1) is 0 Å². The number of nitrogens with zero attached hydrogens (tertiary/aromatic N) is 1. The Morgan fingerprint density at radius 1 is 1.59 bits per heavy atom. The Morgan fingerprint density at radius 3 is 2.82 bits per heavy atom. The molecular weight excluding hydrogens is 220 g/mol. The first-order valence-electron chi connectivity index (χ1n) is 5.55. The number of pyridine rings is 1. The number of aliphatic carboxylic acids is 1. The molecule has 0 amide bonds. The summed E-state index contributed by atoms with van der Waals surface area (Å²) in [7, 11) is 0. The molecule has 0 aromatic carbocycles. The zero-order chi connectivity index (χ0) is 12.8. The van der Waals surface area contributed by atoms with Crippen molar-refractivity contribution in [2.24, 2.45) is 5.73 Å². The third-order valence-electron chi connectivity index (χ3n) is 2.22. The SMILES string of the molecule is CC(C)OC(Cc1ccnc(CN)c1)C(=O)O. The van der Waals surface area contributed by atoms with Crippen LogP contribution in [0.25, 0.3) is 0 Å². The minimum absolute atomic E-state index is 0.119. The largest absolute Gasteiger partial charge is 0.479 e. The van der Waals surface area contributed by atoms with E-state index in [1.807, 2.05) is 13.8 Å². The molecule has 0 fully saturated rings. The number of nitrogens with two attached hydrogens (primary N) is 1. The topological polar surface area (TPSA) is 85.4 Å². The molecule has 1 atom stereocenters. The fourth-order valence-corrected chi connectivity index (χ4v) is 1.50. The van der Waals surface area contributed by atoms with Crippen molar-refractivity contribution in [2.75, 3.05) is 0 Å². The second-order valence-electron chi connectivity index (χ2n) is 4.08. The average molecular weight is 238 g/mol. The van der Waals surface area contributed by atoms with Gasteiger partial charge in [0.05, 0.1) is 11.8 Å². The van der Waals surface area contributed by atoms with Crippen molar-refractivity contribution in [3.8, 4) is 0 Å². The van der Waals surface area contributed by atoms with E-state index in [4.69, 9.17) is 15.6 Å². The Bertz CT molecular complexity index is 380. The monoisotopic (exact) mass is 238 g/mol. The lowest BCUT2D eigenvalue weighted by atomic mass is 10.1. The van der Waals surface area contributed by atoms with Gasteiger partial charge >= 0.3 is 5.97 Å². The fourth-order valence-electron chi connectivity index (χ4n) is 1.50. The summed E-state index contributed by atoms with van der Waals surface area (Å²) in [5.41, 5.74) is 7.10. The molecule has 17 heavy (non-hydrogen) atoms. The summed E-state index contributed by atoms with van der Waals surface area (Å²) < 4.78 is 5.34. The highest BCUT2D eigenvalue weighted by molar-refractivity contribution is 5.72. The molecule has 5 nitrogen and oxygen atoms in total. The fraction of sp³-hybridized carbons (Fsp3) is 0.500. The second-order valence-corrected chi connectivity index (χ2v) is 4.08. The highest BCUT2D eigenvalue weighted by Crippen LogP contribution is 2.09. The van der Waals surface area contributed by atoms with Crippen LogP contribution in [0.15, 0.2) is 18.3 Å². The molecule has 5 heteroatoms. The predicted octanol–water partition coefficient (Wildman–Crippen LogP) is 0.961. The minimum Gasteiger partial charge on any atom is -0.479 e. The molecule has 0 spiro atoms. The number of carboxylic acid groups (broad SMARTS) is 1. The summed E-state index contributed by atoms with van der Waals surface area (Å²) in [5.74, 6) is -0.954. The van der Waals surface area contributed by atoms with Crippen LogP contribution < -0.4 is 5.73 Å². The van der Waals surface area contributed by atoms with E-state index in [-0.39, 0.29) is 6.10 Å². The molecule has 0 aliphatic heterocycles. The Kier molecular flexibility index (Phi) is 5.06. The third-order valence-corrected chi connectivity index (χ3v) is 2.22. The van der Waals surface area contributed by atoms with Crippen molar-refractivity contribution in [1.82, 2.24) is 4.98 Å². The Labute approximate surface area is 101 Å². The molecule has 1 aromatic heterocycles. The van der Waals surface area contributed by atoms with E-state index in [1.54, 1.807) is 18.3 Å². The summed E-state index contributed by atoms with van der Waals surface area (Å²) in [4.78, 5) is 15.1. The van der Waals surface area contributed by atoms with Gasteiger partial charge in [0.15, 0.2) is 6.10 Å². The Morgan fingerprint density at radius 2 is 2.29 bits per heavy atom. The normalized spacial score (nSPS) is 12.7. The first-order valence-corrected chi connectivity index (χ1v) is 5.55. The van der Waals surface area contributed by atoms with E-state index < -0.39 is 12.1 Å². The van der Waals surface area contributed by atoms with Crippen molar-refractivity contribution >= 4 is 5.97 Å². The quantitative estimate of drug-likeness (QED) is 0.771. The predicted molar refractivity (Wildman–Crippen MR) is 63.5 cm³/mol. The molecule has 1 unspecified atom stereocenters. The van der Waals surface area contributed by atoms with E-state index in [0.29, 0.717) is 13.0 Å². The minimum atomic E-state index is -0.954. The highest BCUT2D eigenvalue weighted by Gasteiger charge is 2.20. The van der Waals surface area contributed by atoms with E-state index in [0.717, 1.165) is 11.3 Å². The van der Waals surface area contributed by atoms with Gasteiger partial charge in [-0.3, -0.25) is 4.98 Å². The van der Waals surface area contributed by atoms with Crippen molar-refractivity contribution in [3.05, 3.63) is 29.6 Å². The van der Waals surface area contributed by atoms with Crippen LogP contribution in [0.4, 0.5) is 0 Å². The second kappa shape index (κ2) is 6.32. The van der Waals surface area contributed by atoms with Gasteiger partial charge in [-0.1, -0.05) is 0 Å². The Hall–Kier alpha value is -1.46. The number of ether oxygens (including phenoxy) is 1. The Balaban J connectivity index is 2.74. The molecular formula is C12H18N2O3. The van der Waals surface area contributed by atoms with Crippen LogP contribution in [0.3, 0.4) is 0 Å². The van der Waals surface area contributed by atoms with E-state index >= 15 is 0 Å². The molecule has 94 valence electrons. The molecule has 0 saturated carbocycles. The summed E-state index contributed by atoms with van der Waals surface area (Å²) in [6, 6.07) is 3.58. The van der Waals surface area contributed by atoms with Gasteiger partial charge in [0.25, 0.3) is 0 Å². The van der Waals surface area contributed by atoms with Crippen LogP contribution in [0.1, 0.15) is 25.1 Å². The smallest absolute Gasteiger partial charge is 0.333 e. The van der Waals surface area contributed by atoms with Crippen molar-refractivity contribution in [1.29, 1.82) is 0 Å². The highest BCUT2D eigenvalue weighted by atomic mass is 16.5. The van der Waals surface area contributed by atoms with E-state index in [9.17, 15) is 4.79 Å². The van der Waals surface area contributed by atoms with Gasteiger partial charge < -0.3 is 15.6 Å². The molecule has 0 bridgehead atoms. The van der Waals surface area contributed by atoms with Gasteiger partial charge in [0.1, 0.15) is 0 Å². The summed E-state index contributed by atoms with van der Waals surface area (Å²) in [5, 5.41) is 9.04. The molecule has 0 aliphatic rings. The maximum absolute atomic E-state index is 11.0. The number of hydrogen-bond donors (Lipinski definition) is 2. The maximum Gasteiger partial charge on any atom is 0.333 e. The van der Waals surface area contributed by atoms with Gasteiger partial charge in [0.2, 0.25) is 0 Å². The van der Waals surface area contributed by atoms with E-state index in [2.05, 4.69) is 4.98 Å². The summed E-state index contributed by atoms with van der Waals surface area (Å²) in [6.45, 7) is 3.97. The molecule has 1 aromatic rings. The average Bonchev–Trinajstić information content (AvgIpc) is 2.27. The first-order chi connectivity index (χ1) is 8.02. The lowest BCUT2D eigenvalue weighted by Gasteiger charge is -2.16. The summed E-state index contributed by atoms with van der Waals surface area (Å²) in [6.07, 6.45) is 1.00. The van der Waals surface area contributed by atoms with Crippen molar-refractivity contribution < 1.29 is 14.6 Å². The third kappa shape index (κ3) is 4.50. The van der Waals surface area contributed by atoms with E-state index in [1.165, 1.54) is 0 Å². The number of carboxylic acids is 1. The molecule has 3 N–H and O–H groups in total. The van der Waals surface area contributed by atoms with Crippen molar-refractivity contribution in [2.45, 2.75) is 39.0 Å². The van der Waals surface area contributed by atoms with Gasteiger partial charge in [-0.25, -0.2) is 4.79 Å². The van der Waals surface area contributed by atoms with Crippen LogP contribution in [-0.2, 0) is 22.5 Å². The molecule has 0 aliphatic carbocycles. The van der Waals surface area contributed by atoms with Crippen LogP contribution in [-0.4, -0.2) is 28.3 Å². The number of aromatic nitrogens is 1. The zero-order valence-corrected chi connectivity index (χ0v) is 10.1. The van der Waals surface area contributed by atoms with Crippen LogP contribution in [0.2, 0.25) is 0 Å². The zero-order valence-electron chi connectivity index (χ0n) is 10.1. The lowest BCUT2D eigenvalue weighted by molar-refractivity contribution is -0.153. The van der Waals surface area contributed by atoms with Crippen LogP contribution in [0.5, 0.6) is 0 Å². The van der Waals surface area contributed by atoms with Crippen LogP contribution >= 0.6 is 0 Å². The maximum atomic E-state index is 11.0. The van der Waals surface area contributed by atoms with Crippen molar-refractivity contribution in [3.63, 3.8) is 0 Å². The summed E-state index contributed by atoms with van der Waals surface area (Å²) >= 11 is 0. The van der Waals surface area contributed by atoms with Crippen LogP contribution in [0, 0.1) is 0 Å². The van der Waals surface area contributed by atoms with Gasteiger partial charge in [0, 0.05) is 19.2 Å².